The molecule has 2 atom stereocenters. The maximum atomic E-state index is 12.4. The molecule has 0 amide bonds. The molecule has 5 heteroatoms. The van der Waals surface area contributed by atoms with E-state index in [9.17, 15) is 13.2 Å². The Morgan fingerprint density at radius 1 is 1.22 bits per heavy atom. The predicted octanol–water partition coefficient (Wildman–Crippen LogP) is 1.94. The molecule has 0 aliphatic carbocycles. The second-order valence-corrected chi connectivity index (χ2v) is 6.78. The van der Waals surface area contributed by atoms with Gasteiger partial charge in [-0.15, -0.1) is 0 Å². The average molecular weight is 268 g/mol. The van der Waals surface area contributed by atoms with Gasteiger partial charge in [-0.2, -0.15) is 0 Å². The fourth-order valence-electron chi connectivity index (χ4n) is 2.18. The largest absolute Gasteiger partial charge is 0.463 e. The topological polar surface area (TPSA) is 60.4 Å². The van der Waals surface area contributed by atoms with Gasteiger partial charge in [0.25, 0.3) is 0 Å². The van der Waals surface area contributed by atoms with Crippen molar-refractivity contribution in [3.63, 3.8) is 0 Å². The van der Waals surface area contributed by atoms with Crippen LogP contribution in [0.3, 0.4) is 0 Å². The van der Waals surface area contributed by atoms with E-state index < -0.39 is 15.1 Å². The molecule has 1 aliphatic rings. The lowest BCUT2D eigenvalue weighted by molar-refractivity contribution is -0.147. The molecule has 18 heavy (non-hydrogen) atoms. The molecule has 0 aromatic heterocycles. The fourth-order valence-corrected chi connectivity index (χ4v) is 4.06. The highest BCUT2D eigenvalue weighted by atomic mass is 32.2. The average Bonchev–Trinajstić information content (AvgIpc) is 2.51. The monoisotopic (exact) mass is 268 g/mol. The number of hydrogen-bond acceptors (Lipinski definition) is 4. The molecule has 4 nitrogen and oxygen atoms in total. The first kappa shape index (κ1) is 13.1. The molecule has 0 spiro atoms. The summed E-state index contributed by atoms with van der Waals surface area (Å²) < 4.78 is 29.9. The molecule has 1 saturated heterocycles. The van der Waals surface area contributed by atoms with E-state index in [4.69, 9.17) is 4.74 Å². The van der Waals surface area contributed by atoms with E-state index in [-0.39, 0.29) is 18.5 Å². The van der Waals surface area contributed by atoms with Crippen molar-refractivity contribution in [2.75, 3.05) is 0 Å². The molecule has 98 valence electrons. The van der Waals surface area contributed by atoms with E-state index >= 15 is 0 Å². The highest BCUT2D eigenvalue weighted by molar-refractivity contribution is 7.92. The molecule has 1 fully saturated rings. The Bertz CT molecular complexity index is 521. The minimum atomic E-state index is -3.37. The van der Waals surface area contributed by atoms with E-state index in [0.717, 1.165) is 0 Å². The summed E-state index contributed by atoms with van der Waals surface area (Å²) in [4.78, 5) is 11.6. The Kier molecular flexibility index (Phi) is 3.71. The summed E-state index contributed by atoms with van der Waals surface area (Å²) in [6, 6.07) is 8.37. The molecule has 1 heterocycles. The first-order valence-electron chi connectivity index (χ1n) is 5.98. The molecule has 1 aromatic rings. The summed E-state index contributed by atoms with van der Waals surface area (Å²) in [6.07, 6.45) is 0.522. The number of hydrogen-bond donors (Lipinski definition) is 0. The summed E-state index contributed by atoms with van der Waals surface area (Å²) in [5.74, 6) is -0.312. The van der Waals surface area contributed by atoms with Crippen LogP contribution in [-0.2, 0) is 19.4 Å². The number of esters is 1. The lowest BCUT2D eigenvalue weighted by atomic mass is 10.1. The van der Waals surface area contributed by atoms with Crippen LogP contribution in [0, 0.1) is 0 Å². The van der Waals surface area contributed by atoms with Gasteiger partial charge in [-0.1, -0.05) is 18.2 Å². The number of carbonyl (C=O) groups excluding carboxylic acids is 1. The summed E-state index contributed by atoms with van der Waals surface area (Å²) in [6.45, 7) is 1.73. The highest BCUT2D eigenvalue weighted by Crippen LogP contribution is 2.26. The molecule has 0 N–H and O–H groups in total. The maximum Gasteiger partial charge on any atom is 0.306 e. The van der Waals surface area contributed by atoms with Crippen LogP contribution in [0.5, 0.6) is 0 Å². The molecule has 2 rings (SSSR count). The van der Waals surface area contributed by atoms with Crippen molar-refractivity contribution < 1.29 is 17.9 Å². The van der Waals surface area contributed by atoms with Crippen molar-refractivity contribution in [3.05, 3.63) is 30.3 Å². The molecule has 0 radical (unpaired) electrons. The lowest BCUT2D eigenvalue weighted by Gasteiger charge is -2.16. The fraction of sp³-hybridized carbons (Fsp3) is 0.462. The van der Waals surface area contributed by atoms with Gasteiger partial charge in [-0.05, 0) is 25.5 Å². The van der Waals surface area contributed by atoms with Gasteiger partial charge < -0.3 is 4.74 Å². The summed E-state index contributed by atoms with van der Waals surface area (Å²) in [7, 11) is -3.37. The smallest absolute Gasteiger partial charge is 0.306 e. The quantitative estimate of drug-likeness (QED) is 0.769. The van der Waals surface area contributed by atoms with Crippen LogP contribution in [0.25, 0.3) is 0 Å². The zero-order chi connectivity index (χ0) is 13.2. The second kappa shape index (κ2) is 5.10. The Balaban J connectivity index is 2.27. The zero-order valence-electron chi connectivity index (χ0n) is 10.2. The van der Waals surface area contributed by atoms with Gasteiger partial charge in [0, 0.05) is 12.8 Å². The van der Waals surface area contributed by atoms with E-state index in [1.807, 2.05) is 0 Å². The summed E-state index contributed by atoms with van der Waals surface area (Å²) in [5, 5.41) is -0.540. The molecule has 0 saturated carbocycles. The summed E-state index contributed by atoms with van der Waals surface area (Å²) >= 11 is 0. The molecule has 0 bridgehead atoms. The molecule has 0 unspecified atom stereocenters. The number of rotatable bonds is 2. The van der Waals surface area contributed by atoms with Crippen molar-refractivity contribution in [1.29, 1.82) is 0 Å². The Labute approximate surface area is 107 Å². The third kappa shape index (κ3) is 2.72. The number of sulfone groups is 1. The van der Waals surface area contributed by atoms with Crippen molar-refractivity contribution in [3.8, 4) is 0 Å². The second-order valence-electron chi connectivity index (χ2n) is 4.55. The standard InChI is InChI=1S/C13H16O4S/c1-10-9-12(7-8-13(14)17-10)18(15,16)11-5-3-2-4-6-11/h2-6,10,12H,7-9H2,1H3/t10-,12-/m1/s1. The van der Waals surface area contributed by atoms with Gasteiger partial charge in [0.05, 0.1) is 10.1 Å². The van der Waals surface area contributed by atoms with E-state index in [1.54, 1.807) is 37.3 Å². The minimum Gasteiger partial charge on any atom is -0.463 e. The number of cyclic esters (lactones) is 1. The number of benzene rings is 1. The van der Waals surface area contributed by atoms with Crippen molar-refractivity contribution in [2.24, 2.45) is 0 Å². The van der Waals surface area contributed by atoms with Crippen molar-refractivity contribution in [1.82, 2.24) is 0 Å². The van der Waals surface area contributed by atoms with Gasteiger partial charge >= 0.3 is 5.97 Å². The van der Waals surface area contributed by atoms with Crippen LogP contribution in [0.1, 0.15) is 26.2 Å². The van der Waals surface area contributed by atoms with Crippen LogP contribution in [0.2, 0.25) is 0 Å². The molecule has 1 aliphatic heterocycles. The third-order valence-corrected chi connectivity index (χ3v) is 5.34. The van der Waals surface area contributed by atoms with Crippen LogP contribution in [0.4, 0.5) is 0 Å². The number of ether oxygens (including phenoxy) is 1. The van der Waals surface area contributed by atoms with E-state index in [1.165, 1.54) is 0 Å². The molecular formula is C13H16O4S. The lowest BCUT2D eigenvalue weighted by Crippen LogP contribution is -2.24. The molecular weight excluding hydrogens is 252 g/mol. The van der Waals surface area contributed by atoms with Gasteiger partial charge in [0.1, 0.15) is 6.10 Å². The van der Waals surface area contributed by atoms with Crippen molar-refractivity contribution >= 4 is 15.8 Å². The zero-order valence-corrected chi connectivity index (χ0v) is 11.0. The Morgan fingerprint density at radius 2 is 1.89 bits per heavy atom. The van der Waals surface area contributed by atoms with Gasteiger partial charge in [0.2, 0.25) is 0 Å². The highest BCUT2D eigenvalue weighted by Gasteiger charge is 2.32. The van der Waals surface area contributed by atoms with E-state index in [0.29, 0.717) is 17.7 Å². The third-order valence-electron chi connectivity index (χ3n) is 3.11. The van der Waals surface area contributed by atoms with Gasteiger partial charge in [-0.25, -0.2) is 8.42 Å². The predicted molar refractivity (Wildman–Crippen MR) is 66.8 cm³/mol. The SMILES string of the molecule is C[C@@H]1C[C@H](S(=O)(=O)c2ccccc2)CCC(=O)O1. The Hall–Kier alpha value is -1.36. The maximum absolute atomic E-state index is 12.4. The first-order valence-corrected chi connectivity index (χ1v) is 7.53. The van der Waals surface area contributed by atoms with Crippen molar-refractivity contribution in [2.45, 2.75) is 42.4 Å². The van der Waals surface area contributed by atoms with Crippen LogP contribution in [-0.4, -0.2) is 25.7 Å². The minimum absolute atomic E-state index is 0.168. The Morgan fingerprint density at radius 3 is 2.56 bits per heavy atom. The first-order chi connectivity index (χ1) is 8.50. The van der Waals surface area contributed by atoms with Gasteiger partial charge in [-0.3, -0.25) is 4.79 Å². The number of carbonyl (C=O) groups is 1. The normalized spacial score (nSPS) is 25.3. The van der Waals surface area contributed by atoms with Crippen LogP contribution in [0.15, 0.2) is 35.2 Å². The van der Waals surface area contributed by atoms with E-state index in [2.05, 4.69) is 0 Å². The van der Waals surface area contributed by atoms with Crippen LogP contribution < -0.4 is 0 Å². The molecule has 1 aromatic carbocycles. The summed E-state index contributed by atoms with van der Waals surface area (Å²) in [5.41, 5.74) is 0. The van der Waals surface area contributed by atoms with Crippen LogP contribution >= 0.6 is 0 Å². The van der Waals surface area contributed by atoms with Gasteiger partial charge in [0.15, 0.2) is 9.84 Å².